The summed E-state index contributed by atoms with van der Waals surface area (Å²) in [5.41, 5.74) is 0.829. The zero-order chi connectivity index (χ0) is 18.5. The quantitative estimate of drug-likeness (QED) is 0.441. The van der Waals surface area contributed by atoms with Crippen molar-refractivity contribution in [2.75, 3.05) is 6.26 Å². The predicted molar refractivity (Wildman–Crippen MR) is 109 cm³/mol. The zero-order valence-electron chi connectivity index (χ0n) is 16.2. The Kier molecular flexibility index (Phi) is 6.97. The van der Waals surface area contributed by atoms with Crippen molar-refractivity contribution in [1.29, 1.82) is 0 Å². The molecule has 2 aliphatic rings. The molecule has 0 N–H and O–H groups in total. The number of ketones is 2. The highest BCUT2D eigenvalue weighted by atomic mass is 32.2. The summed E-state index contributed by atoms with van der Waals surface area (Å²) in [5, 5.41) is 0. The van der Waals surface area contributed by atoms with E-state index in [-0.39, 0.29) is 17.6 Å². The molecule has 26 heavy (non-hydrogen) atoms. The Hall–Kier alpha value is -1.09. The van der Waals surface area contributed by atoms with Crippen molar-refractivity contribution < 1.29 is 9.59 Å². The molecule has 142 valence electrons. The largest absolute Gasteiger partial charge is 0.299 e. The summed E-state index contributed by atoms with van der Waals surface area (Å²) in [4.78, 5) is 26.8. The van der Waals surface area contributed by atoms with Crippen molar-refractivity contribution in [3.8, 4) is 0 Å². The lowest BCUT2D eigenvalue weighted by Gasteiger charge is -2.32. The summed E-state index contributed by atoms with van der Waals surface area (Å²) in [6.45, 7) is 2.26. The Morgan fingerprint density at radius 1 is 0.846 bits per heavy atom. The Labute approximate surface area is 162 Å². The van der Waals surface area contributed by atoms with Gasteiger partial charge in [-0.15, -0.1) is 11.8 Å². The number of hydrogen-bond donors (Lipinski definition) is 0. The molecule has 2 saturated carbocycles. The molecule has 0 heterocycles. The Morgan fingerprint density at radius 3 is 1.85 bits per heavy atom. The number of carbonyl (C=O) groups excluding carboxylic acids is 2. The summed E-state index contributed by atoms with van der Waals surface area (Å²) >= 11 is 1.69. The summed E-state index contributed by atoms with van der Waals surface area (Å²) in [6, 6.07) is 7.97. The smallest absolute Gasteiger partial charge is 0.165 e. The minimum absolute atomic E-state index is 0.106. The van der Waals surface area contributed by atoms with E-state index < -0.39 is 0 Å². The molecule has 0 atom stereocenters. The normalized spacial score (nSPS) is 29.3. The van der Waals surface area contributed by atoms with Gasteiger partial charge in [0.05, 0.1) is 0 Å². The van der Waals surface area contributed by atoms with E-state index in [0.29, 0.717) is 11.7 Å². The fourth-order valence-electron chi connectivity index (χ4n) is 4.82. The van der Waals surface area contributed by atoms with Gasteiger partial charge in [-0.25, -0.2) is 0 Å². The van der Waals surface area contributed by atoms with E-state index in [1.807, 2.05) is 30.5 Å². The maximum absolute atomic E-state index is 12.9. The molecule has 0 bridgehead atoms. The van der Waals surface area contributed by atoms with Crippen LogP contribution in [0.5, 0.6) is 0 Å². The van der Waals surface area contributed by atoms with Crippen molar-refractivity contribution in [2.45, 2.75) is 69.6 Å². The Morgan fingerprint density at radius 2 is 1.35 bits per heavy atom. The van der Waals surface area contributed by atoms with Crippen LogP contribution >= 0.6 is 11.8 Å². The molecule has 1 aromatic rings. The van der Waals surface area contributed by atoms with Gasteiger partial charge in [-0.2, -0.15) is 0 Å². The van der Waals surface area contributed by atoms with Crippen molar-refractivity contribution in [3.63, 3.8) is 0 Å². The van der Waals surface area contributed by atoms with Gasteiger partial charge in [0.25, 0.3) is 0 Å². The van der Waals surface area contributed by atoms with E-state index in [4.69, 9.17) is 0 Å². The minimum atomic E-state index is 0.106. The van der Waals surface area contributed by atoms with Crippen molar-refractivity contribution in [2.24, 2.45) is 23.7 Å². The molecular formula is C23H32O2S. The van der Waals surface area contributed by atoms with Gasteiger partial charge in [0.1, 0.15) is 5.78 Å². The van der Waals surface area contributed by atoms with Crippen molar-refractivity contribution >= 4 is 23.3 Å². The van der Waals surface area contributed by atoms with Crippen LogP contribution in [-0.4, -0.2) is 17.8 Å². The molecule has 0 aliphatic heterocycles. The average molecular weight is 373 g/mol. The first-order valence-corrected chi connectivity index (χ1v) is 11.6. The predicted octanol–water partition coefficient (Wildman–Crippen LogP) is 6.18. The molecule has 0 spiro atoms. The number of benzene rings is 1. The lowest BCUT2D eigenvalue weighted by Crippen LogP contribution is -2.31. The lowest BCUT2D eigenvalue weighted by molar-refractivity contribution is -0.129. The van der Waals surface area contributed by atoms with E-state index in [1.165, 1.54) is 24.2 Å². The SMILES string of the molecule is CCC1CCC(C(=O)C2CCC(C(=O)c3ccc(SC)cc3)CC2)CC1. The number of hydrogen-bond acceptors (Lipinski definition) is 3. The topological polar surface area (TPSA) is 34.1 Å². The van der Waals surface area contributed by atoms with Crippen LogP contribution in [0.25, 0.3) is 0 Å². The van der Waals surface area contributed by atoms with Crippen LogP contribution in [0.15, 0.2) is 29.2 Å². The number of rotatable bonds is 6. The summed E-state index contributed by atoms with van der Waals surface area (Å²) in [5.74, 6) is 2.23. The van der Waals surface area contributed by atoms with Gasteiger partial charge in [0, 0.05) is 28.2 Å². The van der Waals surface area contributed by atoms with E-state index >= 15 is 0 Å². The summed E-state index contributed by atoms with van der Waals surface area (Å²) < 4.78 is 0. The van der Waals surface area contributed by atoms with Crippen LogP contribution in [0, 0.1) is 23.7 Å². The van der Waals surface area contributed by atoms with Crippen LogP contribution in [-0.2, 0) is 4.79 Å². The molecule has 0 aromatic heterocycles. The molecule has 0 radical (unpaired) electrons. The number of carbonyl (C=O) groups is 2. The van der Waals surface area contributed by atoms with E-state index in [9.17, 15) is 9.59 Å². The number of Topliss-reactive ketones (excluding diaryl/α,β-unsaturated/α-hetero) is 2. The maximum atomic E-state index is 12.9. The van der Waals surface area contributed by atoms with E-state index in [0.717, 1.165) is 50.0 Å². The lowest BCUT2D eigenvalue weighted by atomic mass is 9.71. The molecule has 1 aromatic carbocycles. The van der Waals surface area contributed by atoms with Gasteiger partial charge < -0.3 is 0 Å². The van der Waals surface area contributed by atoms with Gasteiger partial charge in [-0.3, -0.25) is 9.59 Å². The highest BCUT2D eigenvalue weighted by Gasteiger charge is 2.34. The van der Waals surface area contributed by atoms with Gasteiger partial charge in [-0.05, 0) is 75.7 Å². The molecule has 3 rings (SSSR count). The first-order chi connectivity index (χ1) is 12.6. The molecule has 2 aliphatic carbocycles. The molecule has 0 unspecified atom stereocenters. The van der Waals surface area contributed by atoms with Gasteiger partial charge in [0.2, 0.25) is 0 Å². The molecule has 3 heteroatoms. The van der Waals surface area contributed by atoms with Crippen LogP contribution in [0.4, 0.5) is 0 Å². The molecular weight excluding hydrogens is 340 g/mol. The van der Waals surface area contributed by atoms with Crippen LogP contribution in [0.2, 0.25) is 0 Å². The van der Waals surface area contributed by atoms with Crippen molar-refractivity contribution in [1.82, 2.24) is 0 Å². The second kappa shape index (κ2) is 9.21. The monoisotopic (exact) mass is 372 g/mol. The molecule has 0 amide bonds. The van der Waals surface area contributed by atoms with Gasteiger partial charge in [0.15, 0.2) is 5.78 Å². The Balaban J connectivity index is 1.50. The zero-order valence-corrected chi connectivity index (χ0v) is 17.0. The standard InChI is InChI=1S/C23H32O2S/c1-3-16-4-6-17(7-5-16)22(24)18-8-10-19(11-9-18)23(25)20-12-14-21(26-2)15-13-20/h12-19H,3-11H2,1-2H3. The Bertz CT molecular complexity index is 606. The highest BCUT2D eigenvalue weighted by molar-refractivity contribution is 7.98. The third-order valence-electron chi connectivity index (χ3n) is 6.70. The summed E-state index contributed by atoms with van der Waals surface area (Å²) in [6.07, 6.45) is 11.5. The first kappa shape index (κ1) is 19.7. The minimum Gasteiger partial charge on any atom is -0.299 e. The summed E-state index contributed by atoms with van der Waals surface area (Å²) in [7, 11) is 0. The molecule has 0 saturated heterocycles. The maximum Gasteiger partial charge on any atom is 0.165 e. The van der Waals surface area contributed by atoms with Gasteiger partial charge >= 0.3 is 0 Å². The van der Waals surface area contributed by atoms with E-state index in [2.05, 4.69) is 6.92 Å². The fourth-order valence-corrected chi connectivity index (χ4v) is 5.23. The van der Waals surface area contributed by atoms with E-state index in [1.54, 1.807) is 11.8 Å². The second-order valence-corrected chi connectivity index (χ2v) is 9.05. The third kappa shape index (κ3) is 4.60. The second-order valence-electron chi connectivity index (χ2n) is 8.17. The average Bonchev–Trinajstić information content (AvgIpc) is 2.73. The van der Waals surface area contributed by atoms with Crippen LogP contribution < -0.4 is 0 Å². The highest BCUT2D eigenvalue weighted by Crippen LogP contribution is 2.37. The van der Waals surface area contributed by atoms with Crippen LogP contribution in [0.1, 0.15) is 75.1 Å². The molecule has 2 nitrogen and oxygen atoms in total. The fraction of sp³-hybridized carbons (Fsp3) is 0.652. The van der Waals surface area contributed by atoms with Crippen LogP contribution in [0.3, 0.4) is 0 Å². The third-order valence-corrected chi connectivity index (χ3v) is 7.44. The number of thioether (sulfide) groups is 1. The van der Waals surface area contributed by atoms with Gasteiger partial charge in [-0.1, -0.05) is 25.5 Å². The van der Waals surface area contributed by atoms with Crippen molar-refractivity contribution in [3.05, 3.63) is 29.8 Å². The first-order valence-electron chi connectivity index (χ1n) is 10.3. The molecule has 2 fully saturated rings.